The summed E-state index contributed by atoms with van der Waals surface area (Å²) < 4.78 is 0. The molecule has 86 valence electrons. The lowest BCUT2D eigenvalue weighted by Gasteiger charge is -2.08. The lowest BCUT2D eigenvalue weighted by Crippen LogP contribution is -2.14. The van der Waals surface area contributed by atoms with E-state index in [1.165, 1.54) is 6.07 Å². The van der Waals surface area contributed by atoms with Crippen molar-refractivity contribution in [3.8, 4) is 0 Å². The molecule has 0 radical (unpaired) electrons. The molecule has 1 saturated carbocycles. The number of anilines is 1. The SMILES string of the molecule is Nc1nc(CC(O)C2CC2)ccc1[N+](=O)[O-]. The van der Waals surface area contributed by atoms with E-state index in [2.05, 4.69) is 4.98 Å². The molecule has 0 spiro atoms. The Morgan fingerprint density at radius 2 is 2.31 bits per heavy atom. The van der Waals surface area contributed by atoms with Crippen LogP contribution in [0.15, 0.2) is 12.1 Å². The molecule has 0 amide bonds. The number of nitrogens with two attached hydrogens (primary N) is 1. The zero-order valence-corrected chi connectivity index (χ0v) is 8.67. The molecule has 1 aliphatic carbocycles. The van der Waals surface area contributed by atoms with Crippen LogP contribution in [0.3, 0.4) is 0 Å². The van der Waals surface area contributed by atoms with Crippen molar-refractivity contribution in [3.05, 3.63) is 27.9 Å². The molecule has 1 heterocycles. The second-order valence-corrected chi connectivity index (χ2v) is 4.07. The minimum Gasteiger partial charge on any atom is -0.392 e. The zero-order chi connectivity index (χ0) is 11.7. The predicted octanol–water partition coefficient (Wildman–Crippen LogP) is 0.885. The quantitative estimate of drug-likeness (QED) is 0.582. The Kier molecular flexibility index (Phi) is 2.74. The average Bonchev–Trinajstić information content (AvgIpc) is 2.99. The zero-order valence-electron chi connectivity index (χ0n) is 8.67. The summed E-state index contributed by atoms with van der Waals surface area (Å²) in [6.07, 6.45) is 2.09. The first kappa shape index (κ1) is 10.8. The molecule has 0 bridgehead atoms. The number of pyridine rings is 1. The molecule has 0 aromatic carbocycles. The van der Waals surface area contributed by atoms with Gasteiger partial charge in [-0.05, 0) is 24.8 Å². The fourth-order valence-corrected chi connectivity index (χ4v) is 1.64. The molecule has 1 fully saturated rings. The lowest BCUT2D eigenvalue weighted by molar-refractivity contribution is -0.384. The maximum Gasteiger partial charge on any atom is 0.311 e. The van der Waals surface area contributed by atoms with Gasteiger partial charge in [-0.25, -0.2) is 4.98 Å². The van der Waals surface area contributed by atoms with Gasteiger partial charge in [0.25, 0.3) is 0 Å². The lowest BCUT2D eigenvalue weighted by atomic mass is 10.1. The van der Waals surface area contributed by atoms with E-state index in [9.17, 15) is 15.2 Å². The molecular formula is C10H13N3O3. The molecule has 3 N–H and O–H groups in total. The van der Waals surface area contributed by atoms with Gasteiger partial charge in [0.2, 0.25) is 5.82 Å². The fraction of sp³-hybridized carbons (Fsp3) is 0.500. The highest BCUT2D eigenvalue weighted by molar-refractivity contribution is 5.52. The van der Waals surface area contributed by atoms with Crippen molar-refractivity contribution >= 4 is 11.5 Å². The van der Waals surface area contributed by atoms with E-state index in [-0.39, 0.29) is 11.5 Å². The standard InChI is InChI=1S/C10H13N3O3/c11-10-8(13(15)16)4-3-7(12-10)5-9(14)6-1-2-6/h3-4,6,9,14H,1-2,5H2,(H2,11,12). The Morgan fingerprint density at radius 1 is 1.62 bits per heavy atom. The first-order valence-electron chi connectivity index (χ1n) is 5.16. The van der Waals surface area contributed by atoms with Gasteiger partial charge in [-0.3, -0.25) is 10.1 Å². The Morgan fingerprint density at radius 3 is 2.81 bits per heavy atom. The van der Waals surface area contributed by atoms with Crippen LogP contribution < -0.4 is 5.73 Å². The number of hydrogen-bond acceptors (Lipinski definition) is 5. The van der Waals surface area contributed by atoms with Crippen molar-refractivity contribution in [1.82, 2.24) is 4.98 Å². The van der Waals surface area contributed by atoms with Crippen molar-refractivity contribution in [3.63, 3.8) is 0 Å². The van der Waals surface area contributed by atoms with Crippen LogP contribution in [0.1, 0.15) is 18.5 Å². The average molecular weight is 223 g/mol. The maximum absolute atomic E-state index is 10.5. The predicted molar refractivity (Wildman–Crippen MR) is 57.7 cm³/mol. The van der Waals surface area contributed by atoms with Crippen molar-refractivity contribution in [1.29, 1.82) is 0 Å². The Balaban J connectivity index is 2.10. The highest BCUT2D eigenvalue weighted by atomic mass is 16.6. The summed E-state index contributed by atoms with van der Waals surface area (Å²) in [5.41, 5.74) is 5.86. The summed E-state index contributed by atoms with van der Waals surface area (Å²) in [5.74, 6) is 0.267. The van der Waals surface area contributed by atoms with Crippen LogP contribution in [-0.4, -0.2) is 21.1 Å². The van der Waals surface area contributed by atoms with Gasteiger partial charge in [0, 0.05) is 18.2 Å². The molecule has 1 aromatic rings. The molecule has 1 atom stereocenters. The summed E-state index contributed by atoms with van der Waals surface area (Å²) in [4.78, 5) is 13.9. The third kappa shape index (κ3) is 2.27. The van der Waals surface area contributed by atoms with E-state index in [1.54, 1.807) is 6.07 Å². The molecule has 0 saturated heterocycles. The number of nitro groups is 1. The van der Waals surface area contributed by atoms with Gasteiger partial charge in [0.1, 0.15) is 0 Å². The summed E-state index contributed by atoms with van der Waals surface area (Å²) in [6.45, 7) is 0. The van der Waals surface area contributed by atoms with Crippen molar-refractivity contribution in [2.75, 3.05) is 5.73 Å². The monoisotopic (exact) mass is 223 g/mol. The molecule has 0 aliphatic heterocycles. The van der Waals surface area contributed by atoms with Gasteiger partial charge in [-0.1, -0.05) is 0 Å². The van der Waals surface area contributed by atoms with Crippen molar-refractivity contribution < 1.29 is 10.0 Å². The number of hydrogen-bond donors (Lipinski definition) is 2. The number of aliphatic hydroxyl groups excluding tert-OH is 1. The highest BCUT2D eigenvalue weighted by Crippen LogP contribution is 2.34. The number of nitrogen functional groups attached to an aromatic ring is 1. The summed E-state index contributed by atoms with van der Waals surface area (Å²) in [5, 5.41) is 20.2. The fourth-order valence-electron chi connectivity index (χ4n) is 1.64. The number of nitrogens with zero attached hydrogens (tertiary/aromatic N) is 2. The van der Waals surface area contributed by atoms with Crippen LogP contribution in [0.2, 0.25) is 0 Å². The summed E-state index contributed by atoms with van der Waals surface area (Å²) >= 11 is 0. The van der Waals surface area contributed by atoms with Crippen LogP contribution >= 0.6 is 0 Å². The van der Waals surface area contributed by atoms with E-state index >= 15 is 0 Å². The topological polar surface area (TPSA) is 102 Å². The first-order chi connectivity index (χ1) is 7.58. The van der Waals surface area contributed by atoms with E-state index in [0.29, 0.717) is 18.0 Å². The summed E-state index contributed by atoms with van der Waals surface area (Å²) in [6, 6.07) is 2.87. The minimum absolute atomic E-state index is 0.0921. The second kappa shape index (κ2) is 4.05. The normalized spacial score (nSPS) is 17.1. The highest BCUT2D eigenvalue weighted by Gasteiger charge is 2.30. The number of aliphatic hydroxyl groups is 1. The molecule has 16 heavy (non-hydrogen) atoms. The van der Waals surface area contributed by atoms with Gasteiger partial charge in [-0.15, -0.1) is 0 Å². The molecule has 6 heteroatoms. The minimum atomic E-state index is -0.566. The van der Waals surface area contributed by atoms with Gasteiger partial charge in [0.05, 0.1) is 11.0 Å². The smallest absolute Gasteiger partial charge is 0.311 e. The van der Waals surface area contributed by atoms with E-state index < -0.39 is 11.0 Å². The maximum atomic E-state index is 10.5. The van der Waals surface area contributed by atoms with Crippen molar-refractivity contribution in [2.45, 2.75) is 25.4 Å². The molecule has 1 aliphatic rings. The van der Waals surface area contributed by atoms with Gasteiger partial charge >= 0.3 is 5.69 Å². The van der Waals surface area contributed by atoms with Gasteiger partial charge < -0.3 is 10.8 Å². The summed E-state index contributed by atoms with van der Waals surface area (Å²) in [7, 11) is 0. The third-order valence-corrected chi connectivity index (χ3v) is 2.74. The van der Waals surface area contributed by atoms with Gasteiger partial charge in [-0.2, -0.15) is 0 Å². The van der Waals surface area contributed by atoms with Gasteiger partial charge in [0.15, 0.2) is 0 Å². The van der Waals surface area contributed by atoms with Crippen LogP contribution in [0, 0.1) is 16.0 Å². The Bertz CT molecular complexity index is 418. The van der Waals surface area contributed by atoms with Crippen LogP contribution in [0.4, 0.5) is 11.5 Å². The Labute approximate surface area is 92.3 Å². The van der Waals surface area contributed by atoms with E-state index in [0.717, 1.165) is 12.8 Å². The molecule has 1 unspecified atom stereocenters. The molecular weight excluding hydrogens is 210 g/mol. The van der Waals surface area contributed by atoms with E-state index in [1.807, 2.05) is 0 Å². The second-order valence-electron chi connectivity index (χ2n) is 4.07. The Hall–Kier alpha value is -1.69. The third-order valence-electron chi connectivity index (χ3n) is 2.74. The molecule has 1 aromatic heterocycles. The van der Waals surface area contributed by atoms with Crippen molar-refractivity contribution in [2.24, 2.45) is 5.92 Å². The van der Waals surface area contributed by atoms with Crippen LogP contribution in [0.5, 0.6) is 0 Å². The molecule has 6 nitrogen and oxygen atoms in total. The molecule has 2 rings (SSSR count). The largest absolute Gasteiger partial charge is 0.392 e. The number of rotatable bonds is 4. The van der Waals surface area contributed by atoms with Crippen LogP contribution in [-0.2, 0) is 6.42 Å². The number of aromatic nitrogens is 1. The van der Waals surface area contributed by atoms with Crippen LogP contribution in [0.25, 0.3) is 0 Å². The van der Waals surface area contributed by atoms with E-state index in [4.69, 9.17) is 5.73 Å². The first-order valence-corrected chi connectivity index (χ1v) is 5.16.